The number of hydrogen-bond acceptors (Lipinski definition) is 1. The van der Waals surface area contributed by atoms with Crippen molar-refractivity contribution in [3.63, 3.8) is 0 Å². The third-order valence-electron chi connectivity index (χ3n) is 3.35. The maximum absolute atomic E-state index is 7.49. The SMILES string of the molecule is C[C@H](c1ccccc1)[C@H](C#[NH+])NCc1ccccc1. The fourth-order valence-corrected chi connectivity index (χ4v) is 2.13. The zero-order chi connectivity index (χ0) is 13.5. The van der Waals surface area contributed by atoms with Gasteiger partial charge in [0, 0.05) is 12.5 Å². The number of hydrogen-bond donors (Lipinski definition) is 2. The van der Waals surface area contributed by atoms with Crippen LogP contribution in [0.4, 0.5) is 0 Å². The van der Waals surface area contributed by atoms with Crippen molar-refractivity contribution >= 4 is 0 Å². The molecule has 0 radical (unpaired) electrons. The summed E-state index contributed by atoms with van der Waals surface area (Å²) in [6, 6.07) is 23.0. The van der Waals surface area contributed by atoms with Crippen molar-refractivity contribution in [1.29, 1.82) is 0 Å². The van der Waals surface area contributed by atoms with E-state index in [1.54, 1.807) is 0 Å². The molecule has 0 fully saturated rings. The van der Waals surface area contributed by atoms with Gasteiger partial charge >= 0.3 is 0 Å². The Hall–Kier alpha value is -2.11. The molecular formula is C17H19N2+. The van der Waals surface area contributed by atoms with Gasteiger partial charge in [0.1, 0.15) is 6.04 Å². The maximum Gasteiger partial charge on any atom is 0.289 e. The second-order valence-corrected chi connectivity index (χ2v) is 4.69. The van der Waals surface area contributed by atoms with E-state index in [9.17, 15) is 0 Å². The van der Waals surface area contributed by atoms with Gasteiger partial charge in [0.2, 0.25) is 0 Å². The molecular weight excluding hydrogens is 232 g/mol. The van der Waals surface area contributed by atoms with E-state index in [-0.39, 0.29) is 12.0 Å². The average molecular weight is 251 g/mol. The lowest BCUT2D eigenvalue weighted by Gasteiger charge is -2.17. The molecule has 0 saturated heterocycles. The quantitative estimate of drug-likeness (QED) is 0.834. The summed E-state index contributed by atoms with van der Waals surface area (Å²) in [7, 11) is 0. The molecule has 2 atom stereocenters. The van der Waals surface area contributed by atoms with Crippen molar-refractivity contribution in [3.05, 3.63) is 71.8 Å². The molecule has 0 aliphatic carbocycles. The number of benzene rings is 2. The van der Waals surface area contributed by atoms with E-state index in [1.807, 2.05) is 36.4 Å². The Morgan fingerprint density at radius 1 is 1.00 bits per heavy atom. The van der Waals surface area contributed by atoms with Crippen molar-refractivity contribution in [1.82, 2.24) is 5.32 Å². The highest BCUT2D eigenvalue weighted by atomic mass is 14.9. The highest BCUT2D eigenvalue weighted by Gasteiger charge is 2.20. The lowest BCUT2D eigenvalue weighted by atomic mass is 9.94. The molecule has 2 aromatic rings. The summed E-state index contributed by atoms with van der Waals surface area (Å²) in [4.78, 5) is 0. The van der Waals surface area contributed by atoms with Crippen LogP contribution < -0.4 is 10.6 Å². The van der Waals surface area contributed by atoms with E-state index >= 15 is 0 Å². The summed E-state index contributed by atoms with van der Waals surface area (Å²) in [6.45, 7) is 2.88. The third kappa shape index (κ3) is 3.67. The standard InChI is InChI=1S/C17H18N2/c1-14(16-10-6-3-7-11-16)17(12-18)19-13-15-8-4-2-5-9-15/h2-11,14,17,19H,13H2,1H3/p+1/t14-,17+/m1/s1. The molecule has 2 N–H and O–H groups in total. The van der Waals surface area contributed by atoms with Gasteiger partial charge in [0.25, 0.3) is 6.07 Å². The van der Waals surface area contributed by atoms with E-state index in [4.69, 9.17) is 5.26 Å². The van der Waals surface area contributed by atoms with Gasteiger partial charge in [0.15, 0.2) is 0 Å². The first-order valence-corrected chi connectivity index (χ1v) is 6.56. The fraction of sp³-hybridized carbons (Fsp3) is 0.235. The van der Waals surface area contributed by atoms with Crippen LogP contribution in [0.3, 0.4) is 0 Å². The molecule has 0 aliphatic rings. The van der Waals surface area contributed by atoms with Crippen LogP contribution in [0, 0.1) is 6.07 Å². The molecule has 2 rings (SSSR count). The molecule has 2 nitrogen and oxygen atoms in total. The third-order valence-corrected chi connectivity index (χ3v) is 3.35. The average Bonchev–Trinajstić information content (AvgIpc) is 2.49. The Labute approximate surface area is 114 Å². The molecule has 19 heavy (non-hydrogen) atoms. The first kappa shape index (κ1) is 13.3. The van der Waals surface area contributed by atoms with Crippen molar-refractivity contribution in [3.8, 4) is 6.07 Å². The van der Waals surface area contributed by atoms with E-state index in [1.165, 1.54) is 11.1 Å². The Balaban J connectivity index is 1.99. The van der Waals surface area contributed by atoms with Gasteiger partial charge in [-0.25, -0.2) is 0 Å². The summed E-state index contributed by atoms with van der Waals surface area (Å²) >= 11 is 0. The Morgan fingerprint density at radius 2 is 1.58 bits per heavy atom. The van der Waals surface area contributed by atoms with E-state index in [0.717, 1.165) is 6.54 Å². The molecule has 0 saturated carbocycles. The van der Waals surface area contributed by atoms with Gasteiger partial charge in [-0.2, -0.15) is 0 Å². The van der Waals surface area contributed by atoms with Crippen LogP contribution in [0.5, 0.6) is 0 Å². The van der Waals surface area contributed by atoms with Crippen molar-refractivity contribution in [2.75, 3.05) is 0 Å². The van der Waals surface area contributed by atoms with Crippen LogP contribution >= 0.6 is 0 Å². The van der Waals surface area contributed by atoms with Gasteiger partial charge in [-0.15, -0.1) is 0 Å². The van der Waals surface area contributed by atoms with Gasteiger partial charge in [-0.1, -0.05) is 72.8 Å². The van der Waals surface area contributed by atoms with Gasteiger partial charge in [-0.3, -0.25) is 5.32 Å². The minimum atomic E-state index is -0.0670. The predicted octanol–water partition coefficient (Wildman–Crippen LogP) is 1.72. The van der Waals surface area contributed by atoms with Crippen LogP contribution in [-0.2, 0) is 6.54 Å². The summed E-state index contributed by atoms with van der Waals surface area (Å²) in [5, 5.41) is 10.9. The van der Waals surface area contributed by atoms with E-state index in [2.05, 4.69) is 42.6 Å². The van der Waals surface area contributed by atoms with Crippen LogP contribution in [0.2, 0.25) is 0 Å². The molecule has 0 spiro atoms. The first-order valence-electron chi connectivity index (χ1n) is 6.56. The summed E-state index contributed by atoms with van der Waals surface area (Å²) in [6.07, 6.45) is 0. The van der Waals surface area contributed by atoms with Crippen molar-refractivity contribution in [2.24, 2.45) is 0 Å². The minimum Gasteiger partial charge on any atom is -0.294 e. The van der Waals surface area contributed by atoms with Gasteiger partial charge in [0.05, 0.1) is 0 Å². The van der Waals surface area contributed by atoms with E-state index in [0.29, 0.717) is 0 Å². The highest BCUT2D eigenvalue weighted by molar-refractivity contribution is 5.23. The number of rotatable bonds is 5. The zero-order valence-corrected chi connectivity index (χ0v) is 11.1. The molecule has 0 aromatic heterocycles. The zero-order valence-electron chi connectivity index (χ0n) is 11.1. The molecule has 0 aliphatic heterocycles. The Bertz CT molecular complexity index is 528. The second-order valence-electron chi connectivity index (χ2n) is 4.69. The predicted molar refractivity (Wildman–Crippen MR) is 76.8 cm³/mol. The molecule has 0 heterocycles. The molecule has 0 amide bonds. The van der Waals surface area contributed by atoms with Crippen LogP contribution in [0.15, 0.2) is 60.7 Å². The van der Waals surface area contributed by atoms with Crippen molar-refractivity contribution < 1.29 is 5.26 Å². The second kappa shape index (κ2) is 6.72. The largest absolute Gasteiger partial charge is 0.294 e. The fourth-order valence-electron chi connectivity index (χ4n) is 2.13. The Morgan fingerprint density at radius 3 is 2.16 bits per heavy atom. The first-order chi connectivity index (χ1) is 9.31. The highest BCUT2D eigenvalue weighted by Crippen LogP contribution is 2.18. The lowest BCUT2D eigenvalue weighted by Crippen LogP contribution is -2.37. The molecule has 2 aromatic carbocycles. The monoisotopic (exact) mass is 251 g/mol. The maximum atomic E-state index is 7.49. The molecule has 96 valence electrons. The summed E-state index contributed by atoms with van der Waals surface area (Å²) in [5.41, 5.74) is 2.45. The molecule has 0 bridgehead atoms. The van der Waals surface area contributed by atoms with Gasteiger partial charge < -0.3 is 0 Å². The lowest BCUT2D eigenvalue weighted by molar-refractivity contribution is -0.0973. The van der Waals surface area contributed by atoms with Crippen LogP contribution in [0.1, 0.15) is 24.0 Å². The normalized spacial score (nSPS) is 13.5. The van der Waals surface area contributed by atoms with Gasteiger partial charge in [-0.05, 0) is 11.1 Å². The smallest absolute Gasteiger partial charge is 0.289 e. The number of nitrogens with one attached hydrogen (secondary N) is 2. The van der Waals surface area contributed by atoms with E-state index < -0.39 is 0 Å². The summed E-state index contributed by atoms with van der Waals surface area (Å²) < 4.78 is 0. The molecule has 2 heteroatoms. The summed E-state index contributed by atoms with van der Waals surface area (Å²) in [5.74, 6) is 0.238. The van der Waals surface area contributed by atoms with Crippen LogP contribution in [-0.4, -0.2) is 6.04 Å². The minimum absolute atomic E-state index is 0.0670. The molecule has 0 unspecified atom stereocenters. The van der Waals surface area contributed by atoms with Crippen molar-refractivity contribution in [2.45, 2.75) is 25.4 Å². The van der Waals surface area contributed by atoms with Crippen LogP contribution in [0.25, 0.3) is 0 Å². The Kier molecular flexibility index (Phi) is 4.72. The topological polar surface area (TPSA) is 35.8 Å².